The Labute approximate surface area is 406 Å². The Balaban J connectivity index is 0.711. The number of aliphatic hydroxyl groups excluding tert-OH is 2. The molecule has 70 heavy (non-hydrogen) atoms. The molecule has 0 aromatic carbocycles. The maximum absolute atomic E-state index is 17.4. The highest BCUT2D eigenvalue weighted by Crippen LogP contribution is 2.72. The minimum atomic E-state index is -2.13. The average Bonchev–Trinajstić information content (AvgIpc) is 3.64. The van der Waals surface area contributed by atoms with Crippen LogP contribution >= 0.6 is 0 Å². The maximum Gasteiger partial charge on any atom is 0.508 e. The molecule has 0 bridgehead atoms. The standard InChI is InChI=1S/C52H68F2O16/c1-29-21-37-35-9-7-31-23-33(55)11-13-45(31,3)49(35,53)39(57)25-47(37,5)51(29,63)41(59)27-69-43(61)67-19-17-65-15-16-66-18-20-68-44(62)70-28-42(60)52(64)30(2)22-38-36-10-8-32-24-34(56)12-14-46(32,4)50(36,54)40(58)26-48(38,52)6/h11-14,23-24,29-30,35-40,57-58,63-64H,7-10,15-22,25-28H2,1-6H3/t29-,30-,35+,36+,37+,38+,39+,40+,45+,46+,47+,48+,49+,50+,51+,52+/m1/s1. The summed E-state index contributed by atoms with van der Waals surface area (Å²) in [5, 5.41) is 47.3. The zero-order chi connectivity index (χ0) is 51.0. The Hall–Kier alpha value is -4.20. The van der Waals surface area contributed by atoms with Crippen molar-refractivity contribution in [2.45, 2.75) is 128 Å². The topological polar surface area (TPSA) is 239 Å². The van der Waals surface area contributed by atoms with Gasteiger partial charge in [-0.2, -0.15) is 0 Å². The minimum Gasteiger partial charge on any atom is -0.432 e. The van der Waals surface area contributed by atoms with Crippen molar-refractivity contribution in [2.75, 3.05) is 52.9 Å². The van der Waals surface area contributed by atoms with Gasteiger partial charge < -0.3 is 48.8 Å². The molecule has 8 aliphatic rings. The fourth-order valence-electron chi connectivity index (χ4n) is 15.5. The van der Waals surface area contributed by atoms with E-state index in [0.717, 1.165) is 0 Å². The van der Waals surface area contributed by atoms with Gasteiger partial charge in [0.2, 0.25) is 11.6 Å². The molecule has 6 fully saturated rings. The van der Waals surface area contributed by atoms with E-state index in [1.165, 1.54) is 24.3 Å². The van der Waals surface area contributed by atoms with E-state index in [2.05, 4.69) is 0 Å². The van der Waals surface area contributed by atoms with Gasteiger partial charge in [-0.15, -0.1) is 0 Å². The predicted octanol–water partition coefficient (Wildman–Crippen LogP) is 5.16. The Morgan fingerprint density at radius 3 is 1.31 bits per heavy atom. The van der Waals surface area contributed by atoms with Crippen molar-refractivity contribution in [1.29, 1.82) is 0 Å². The van der Waals surface area contributed by atoms with Crippen LogP contribution in [0.15, 0.2) is 47.6 Å². The lowest BCUT2D eigenvalue weighted by Gasteiger charge is -2.62. The van der Waals surface area contributed by atoms with Gasteiger partial charge in [0.1, 0.15) is 24.4 Å². The summed E-state index contributed by atoms with van der Waals surface area (Å²) in [6.07, 6.45) is 4.91. The van der Waals surface area contributed by atoms with E-state index in [-0.39, 0.29) is 64.0 Å². The molecule has 0 amide bonds. The van der Waals surface area contributed by atoms with Gasteiger partial charge in [0, 0.05) is 33.5 Å². The molecule has 0 spiro atoms. The molecule has 0 unspecified atom stereocenters. The van der Waals surface area contributed by atoms with Crippen LogP contribution in [0.25, 0.3) is 0 Å². The Kier molecular flexibility index (Phi) is 13.7. The number of aliphatic hydroxyl groups is 4. The van der Waals surface area contributed by atoms with Crippen molar-refractivity contribution in [3.63, 3.8) is 0 Å². The van der Waals surface area contributed by atoms with Gasteiger partial charge in [0.05, 0.1) is 38.6 Å². The summed E-state index contributed by atoms with van der Waals surface area (Å²) in [4.78, 5) is 76.6. The molecule has 16 atom stereocenters. The van der Waals surface area contributed by atoms with Crippen LogP contribution in [-0.2, 0) is 47.6 Å². The van der Waals surface area contributed by atoms with E-state index in [9.17, 15) is 49.2 Å². The molecule has 4 N–H and O–H groups in total. The number of hydrogen-bond donors (Lipinski definition) is 4. The number of fused-ring (bicyclic) bond motifs is 10. The van der Waals surface area contributed by atoms with E-state index in [1.807, 2.05) is 0 Å². The smallest absolute Gasteiger partial charge is 0.432 e. The third-order valence-corrected chi connectivity index (χ3v) is 19.2. The molecule has 0 aromatic heterocycles. The summed E-state index contributed by atoms with van der Waals surface area (Å²) in [7, 11) is 0. The molecule has 8 rings (SSSR count). The lowest BCUT2D eigenvalue weighted by molar-refractivity contribution is -0.219. The van der Waals surface area contributed by atoms with Gasteiger partial charge in [-0.1, -0.05) is 51.0 Å². The zero-order valence-electron chi connectivity index (χ0n) is 40.8. The number of halogens is 2. The Morgan fingerprint density at radius 1 is 0.586 bits per heavy atom. The molecular formula is C52H68F2O16. The lowest BCUT2D eigenvalue weighted by atomic mass is 9.44. The van der Waals surface area contributed by atoms with Gasteiger partial charge in [-0.3, -0.25) is 19.2 Å². The number of carbonyl (C=O) groups is 6. The number of ketones is 4. The molecular weight excluding hydrogens is 919 g/mol. The number of carbonyl (C=O) groups excluding carboxylic acids is 6. The number of Topliss-reactive ketones (excluding diaryl/α,β-unsaturated/α-hetero) is 2. The SMILES string of the molecule is C[C@@H]1C[C@H]2[C@@H]3CCC4=CC(=O)C=C[C@]4(C)[C@@]3(F)[C@@H](O)C[C@]2(C)[C@@]1(O)C(=O)COC(=O)OCCOCCOCCOC(=O)OCC(=O)[C@@]1(O)[C@H](C)C[C@H]2[C@@H]3CCC4=CC(=O)C=C[C@]4(C)[C@@]3(F)[C@@H](O)C[C@@]21C. The van der Waals surface area contributed by atoms with Gasteiger partial charge in [0.15, 0.2) is 36.1 Å². The fourth-order valence-corrected chi connectivity index (χ4v) is 15.5. The monoisotopic (exact) mass is 986 g/mol. The molecule has 8 aliphatic carbocycles. The second kappa shape index (κ2) is 18.4. The van der Waals surface area contributed by atoms with E-state index in [1.54, 1.807) is 53.7 Å². The first kappa shape index (κ1) is 52.1. The van der Waals surface area contributed by atoms with Crippen LogP contribution in [0.5, 0.6) is 0 Å². The number of allylic oxidation sites excluding steroid dienone is 8. The van der Waals surface area contributed by atoms with Crippen molar-refractivity contribution in [2.24, 2.45) is 57.2 Å². The number of hydrogen-bond acceptors (Lipinski definition) is 16. The van der Waals surface area contributed by atoms with Crippen LogP contribution in [0.1, 0.15) is 92.9 Å². The van der Waals surface area contributed by atoms with E-state index in [4.69, 9.17) is 28.4 Å². The molecule has 0 aliphatic heterocycles. The molecule has 386 valence electrons. The predicted molar refractivity (Wildman–Crippen MR) is 242 cm³/mol. The first-order chi connectivity index (χ1) is 32.8. The van der Waals surface area contributed by atoms with Crippen LogP contribution in [0.2, 0.25) is 0 Å². The molecule has 0 radical (unpaired) electrons. The highest BCUT2D eigenvalue weighted by atomic mass is 19.1. The first-order valence-electron chi connectivity index (χ1n) is 24.7. The Morgan fingerprint density at radius 2 is 0.943 bits per heavy atom. The summed E-state index contributed by atoms with van der Waals surface area (Å²) in [6.45, 7) is 8.03. The van der Waals surface area contributed by atoms with Crippen LogP contribution in [-0.4, -0.2) is 143 Å². The van der Waals surface area contributed by atoms with Crippen LogP contribution in [0.4, 0.5) is 18.4 Å². The minimum absolute atomic E-state index is 0.0573. The summed E-state index contributed by atoms with van der Waals surface area (Å²) in [5.41, 5.74) is -12.0. The third kappa shape index (κ3) is 7.53. The number of alkyl halides is 2. The summed E-state index contributed by atoms with van der Waals surface area (Å²) < 4.78 is 65.9. The van der Waals surface area contributed by atoms with Crippen molar-refractivity contribution in [3.8, 4) is 0 Å². The second-order valence-corrected chi connectivity index (χ2v) is 22.2. The summed E-state index contributed by atoms with van der Waals surface area (Å²) in [6, 6.07) is 0. The van der Waals surface area contributed by atoms with E-state index in [0.29, 0.717) is 49.7 Å². The highest BCUT2D eigenvalue weighted by molar-refractivity contribution is 6.02. The van der Waals surface area contributed by atoms with Gasteiger partial charge in [-0.05, 0) is 113 Å². The van der Waals surface area contributed by atoms with Gasteiger partial charge in [0.25, 0.3) is 0 Å². The zero-order valence-corrected chi connectivity index (χ0v) is 40.8. The summed E-state index contributed by atoms with van der Waals surface area (Å²) in [5.74, 6) is -5.68. The van der Waals surface area contributed by atoms with E-state index >= 15 is 8.78 Å². The van der Waals surface area contributed by atoms with Gasteiger partial charge in [-0.25, -0.2) is 18.4 Å². The van der Waals surface area contributed by atoms with Gasteiger partial charge >= 0.3 is 12.3 Å². The molecule has 16 nitrogen and oxygen atoms in total. The summed E-state index contributed by atoms with van der Waals surface area (Å²) >= 11 is 0. The quantitative estimate of drug-likeness (QED) is 0.122. The molecule has 6 saturated carbocycles. The maximum atomic E-state index is 17.4. The average molecular weight is 987 g/mol. The Bertz CT molecular complexity index is 2140. The second-order valence-electron chi connectivity index (χ2n) is 22.2. The van der Waals surface area contributed by atoms with E-state index < -0.39 is 129 Å². The van der Waals surface area contributed by atoms with Crippen LogP contribution in [0, 0.1) is 57.2 Å². The number of rotatable bonds is 15. The number of ether oxygens (including phenoxy) is 6. The van der Waals surface area contributed by atoms with Crippen LogP contribution < -0.4 is 0 Å². The molecule has 18 heteroatoms. The molecule has 0 heterocycles. The van der Waals surface area contributed by atoms with Crippen LogP contribution in [0.3, 0.4) is 0 Å². The van der Waals surface area contributed by atoms with Crippen molar-refractivity contribution >= 4 is 35.4 Å². The van der Waals surface area contributed by atoms with Crippen molar-refractivity contribution < 1.29 is 86.4 Å². The molecule has 0 saturated heterocycles. The fraction of sp³-hybridized carbons (Fsp3) is 0.731. The first-order valence-corrected chi connectivity index (χ1v) is 24.7. The third-order valence-electron chi connectivity index (χ3n) is 19.2. The molecule has 0 aromatic rings. The highest BCUT2D eigenvalue weighted by Gasteiger charge is 2.77. The normalized spacial score (nSPS) is 44.3. The largest absolute Gasteiger partial charge is 0.508 e. The van der Waals surface area contributed by atoms with Crippen molar-refractivity contribution in [1.82, 2.24) is 0 Å². The van der Waals surface area contributed by atoms with Crippen molar-refractivity contribution in [3.05, 3.63) is 47.6 Å². The lowest BCUT2D eigenvalue weighted by Crippen LogP contribution is -2.69.